The van der Waals surface area contributed by atoms with Gasteiger partial charge in [0, 0.05) is 0 Å². The summed E-state index contributed by atoms with van der Waals surface area (Å²) in [6.45, 7) is 7.23. The highest BCUT2D eigenvalue weighted by atomic mass is 79.9. The number of amides is 1. The van der Waals surface area contributed by atoms with Gasteiger partial charge in [-0.05, 0) is 49.2 Å². The molecule has 1 amide bonds. The molecule has 0 aliphatic carbocycles. The fourth-order valence-corrected chi connectivity index (χ4v) is 1.59. The first-order valence-corrected chi connectivity index (χ1v) is 6.18. The first-order valence-electron chi connectivity index (χ1n) is 5.01. The third-order valence-electron chi connectivity index (χ3n) is 1.86. The molecule has 0 fully saturated rings. The molecule has 1 aromatic heterocycles. The molecule has 0 spiro atoms. The summed E-state index contributed by atoms with van der Waals surface area (Å²) in [7, 11) is 0. The first-order chi connectivity index (χ1) is 7.70. The van der Waals surface area contributed by atoms with E-state index >= 15 is 0 Å². The van der Waals surface area contributed by atoms with Crippen LogP contribution >= 0.6 is 27.5 Å². The van der Waals surface area contributed by atoms with E-state index in [0.29, 0.717) is 15.3 Å². The van der Waals surface area contributed by atoms with E-state index in [-0.39, 0.29) is 0 Å². The van der Waals surface area contributed by atoms with Crippen molar-refractivity contribution in [2.45, 2.75) is 33.3 Å². The van der Waals surface area contributed by atoms with Crippen molar-refractivity contribution in [3.05, 3.63) is 21.4 Å². The van der Waals surface area contributed by atoms with Crippen molar-refractivity contribution >= 4 is 39.3 Å². The van der Waals surface area contributed by atoms with Crippen molar-refractivity contribution in [2.75, 3.05) is 5.32 Å². The normalized spacial score (nSPS) is 11.2. The minimum atomic E-state index is -0.533. The number of anilines is 1. The Morgan fingerprint density at radius 1 is 1.53 bits per heavy atom. The lowest BCUT2D eigenvalue weighted by Gasteiger charge is -2.20. The lowest BCUT2D eigenvalue weighted by Crippen LogP contribution is -2.27. The molecule has 1 heterocycles. The van der Waals surface area contributed by atoms with Gasteiger partial charge in [0.1, 0.15) is 10.8 Å². The summed E-state index contributed by atoms with van der Waals surface area (Å²) in [6.07, 6.45) is 0.975. The van der Waals surface area contributed by atoms with Crippen LogP contribution in [0.2, 0.25) is 5.15 Å². The van der Waals surface area contributed by atoms with E-state index in [4.69, 9.17) is 16.3 Å². The molecule has 1 N–H and O–H groups in total. The van der Waals surface area contributed by atoms with E-state index < -0.39 is 11.7 Å². The Balaban J connectivity index is 2.83. The first kappa shape index (κ1) is 14.3. The summed E-state index contributed by atoms with van der Waals surface area (Å²) in [5.41, 5.74) is 0.834. The number of carbonyl (C=O) groups is 1. The lowest BCUT2D eigenvalue weighted by molar-refractivity contribution is 0.0635. The third-order valence-corrected chi connectivity index (χ3v) is 3.34. The summed E-state index contributed by atoms with van der Waals surface area (Å²) >= 11 is 9.12. The highest BCUT2D eigenvalue weighted by Gasteiger charge is 2.17. The van der Waals surface area contributed by atoms with Gasteiger partial charge in [0.2, 0.25) is 0 Å². The van der Waals surface area contributed by atoms with Gasteiger partial charge < -0.3 is 4.74 Å². The van der Waals surface area contributed by atoms with E-state index in [9.17, 15) is 4.79 Å². The van der Waals surface area contributed by atoms with Gasteiger partial charge in [0.15, 0.2) is 0 Å². The Labute approximate surface area is 114 Å². The van der Waals surface area contributed by atoms with Crippen LogP contribution in [0.15, 0.2) is 10.7 Å². The summed E-state index contributed by atoms with van der Waals surface area (Å²) in [6, 6.07) is 0. The summed E-state index contributed by atoms with van der Waals surface area (Å²) in [5, 5.41) is 2.98. The number of ether oxygens (including phenoxy) is 1. The van der Waals surface area contributed by atoms with Crippen molar-refractivity contribution < 1.29 is 9.53 Å². The smallest absolute Gasteiger partial charge is 0.412 e. The molecule has 0 radical (unpaired) electrons. The molecule has 0 atom stereocenters. The molecule has 94 valence electrons. The number of carbonyl (C=O) groups excluding carboxylic acids is 1. The van der Waals surface area contributed by atoms with Gasteiger partial charge in [-0.1, -0.05) is 11.6 Å². The summed E-state index contributed by atoms with van der Waals surface area (Å²) in [5.74, 6) is 0. The van der Waals surface area contributed by atoms with E-state index in [1.807, 2.05) is 6.92 Å². The molecular formula is C11H14BrClN2O2. The maximum Gasteiger partial charge on any atom is 0.412 e. The summed E-state index contributed by atoms with van der Waals surface area (Å²) < 4.78 is 5.80. The molecule has 0 aliphatic heterocycles. The molecule has 4 nitrogen and oxygen atoms in total. The van der Waals surface area contributed by atoms with E-state index in [2.05, 4.69) is 26.2 Å². The Hall–Kier alpha value is -0.810. The van der Waals surface area contributed by atoms with Crippen LogP contribution in [0.5, 0.6) is 0 Å². The zero-order chi connectivity index (χ0) is 13.2. The Bertz CT molecular complexity index is 444. The molecule has 0 saturated heterocycles. The minimum absolute atomic E-state index is 0.359. The monoisotopic (exact) mass is 320 g/mol. The highest BCUT2D eigenvalue weighted by Crippen LogP contribution is 2.29. The molecular weight excluding hydrogens is 307 g/mol. The number of hydrogen-bond acceptors (Lipinski definition) is 3. The second-order valence-electron chi connectivity index (χ2n) is 4.53. The average Bonchev–Trinajstić information content (AvgIpc) is 2.16. The van der Waals surface area contributed by atoms with Crippen molar-refractivity contribution in [2.24, 2.45) is 0 Å². The Morgan fingerprint density at radius 3 is 2.65 bits per heavy atom. The number of aromatic nitrogens is 1. The molecule has 1 rings (SSSR count). The van der Waals surface area contributed by atoms with Gasteiger partial charge >= 0.3 is 6.09 Å². The highest BCUT2D eigenvalue weighted by molar-refractivity contribution is 9.10. The van der Waals surface area contributed by atoms with E-state index in [0.717, 1.165) is 5.56 Å². The fourth-order valence-electron chi connectivity index (χ4n) is 1.09. The largest absolute Gasteiger partial charge is 0.444 e. The Kier molecular flexibility index (Phi) is 4.38. The fraction of sp³-hybridized carbons (Fsp3) is 0.455. The number of rotatable bonds is 1. The van der Waals surface area contributed by atoms with Crippen molar-refractivity contribution in [1.29, 1.82) is 0 Å². The van der Waals surface area contributed by atoms with Gasteiger partial charge in [-0.3, -0.25) is 5.32 Å². The average molecular weight is 322 g/mol. The maximum absolute atomic E-state index is 11.6. The quantitative estimate of drug-likeness (QED) is 0.790. The maximum atomic E-state index is 11.6. The van der Waals surface area contributed by atoms with Crippen molar-refractivity contribution in [3.8, 4) is 0 Å². The number of hydrogen-bond donors (Lipinski definition) is 1. The van der Waals surface area contributed by atoms with Crippen LogP contribution in [-0.2, 0) is 4.74 Å². The van der Waals surface area contributed by atoms with Crippen LogP contribution < -0.4 is 5.32 Å². The van der Waals surface area contributed by atoms with Crippen LogP contribution in [0.3, 0.4) is 0 Å². The number of halogens is 2. The molecule has 0 saturated carbocycles. The van der Waals surface area contributed by atoms with Gasteiger partial charge in [-0.2, -0.15) is 0 Å². The molecule has 6 heteroatoms. The zero-order valence-corrected chi connectivity index (χ0v) is 12.4. The number of nitrogens with one attached hydrogen (secondary N) is 1. The standard InChI is InChI=1S/C11H14BrClN2O2/c1-6-7(5-14-9(13)8(6)12)15-10(16)17-11(2,3)4/h5H,1-4H3,(H,15,16). The molecule has 0 unspecified atom stereocenters. The third kappa shape index (κ3) is 4.16. The van der Waals surface area contributed by atoms with Gasteiger partial charge in [0.05, 0.1) is 16.4 Å². The summed E-state index contributed by atoms with van der Waals surface area (Å²) in [4.78, 5) is 15.5. The molecule has 1 aromatic rings. The van der Waals surface area contributed by atoms with E-state index in [1.54, 1.807) is 20.8 Å². The second kappa shape index (κ2) is 5.23. The molecule has 17 heavy (non-hydrogen) atoms. The predicted octanol–water partition coefficient (Wildman–Crippen LogP) is 4.15. The minimum Gasteiger partial charge on any atom is -0.444 e. The lowest BCUT2D eigenvalue weighted by atomic mass is 10.2. The van der Waals surface area contributed by atoms with Crippen molar-refractivity contribution in [3.63, 3.8) is 0 Å². The van der Waals surface area contributed by atoms with Gasteiger partial charge in [-0.15, -0.1) is 0 Å². The molecule has 0 aliphatic rings. The van der Waals surface area contributed by atoms with E-state index in [1.165, 1.54) is 6.20 Å². The zero-order valence-electron chi connectivity index (χ0n) is 10.1. The van der Waals surface area contributed by atoms with Crippen LogP contribution in [0.1, 0.15) is 26.3 Å². The topological polar surface area (TPSA) is 51.2 Å². The second-order valence-corrected chi connectivity index (χ2v) is 5.68. The number of pyridine rings is 1. The molecule has 0 aromatic carbocycles. The predicted molar refractivity (Wildman–Crippen MR) is 71.5 cm³/mol. The van der Waals surface area contributed by atoms with Gasteiger partial charge in [0.25, 0.3) is 0 Å². The molecule has 0 bridgehead atoms. The van der Waals surface area contributed by atoms with Crippen LogP contribution in [0.4, 0.5) is 10.5 Å². The SMILES string of the molecule is Cc1c(NC(=O)OC(C)(C)C)cnc(Cl)c1Br. The van der Waals surface area contributed by atoms with Crippen LogP contribution in [0.25, 0.3) is 0 Å². The van der Waals surface area contributed by atoms with Crippen LogP contribution in [-0.4, -0.2) is 16.7 Å². The Morgan fingerprint density at radius 2 is 2.12 bits per heavy atom. The van der Waals surface area contributed by atoms with Crippen molar-refractivity contribution in [1.82, 2.24) is 4.98 Å². The van der Waals surface area contributed by atoms with Crippen LogP contribution in [0, 0.1) is 6.92 Å². The number of nitrogens with zero attached hydrogens (tertiary/aromatic N) is 1. The van der Waals surface area contributed by atoms with Gasteiger partial charge in [-0.25, -0.2) is 9.78 Å².